The highest BCUT2D eigenvalue weighted by Crippen LogP contribution is 2.54. The van der Waals surface area contributed by atoms with Crippen LogP contribution in [0.1, 0.15) is 11.1 Å². The van der Waals surface area contributed by atoms with E-state index in [-0.39, 0.29) is 24.7 Å². The quantitative estimate of drug-likeness (QED) is 0.582. The maximum Gasteiger partial charge on any atom is 0.323 e. The van der Waals surface area contributed by atoms with Crippen LogP contribution in [-0.4, -0.2) is 29.1 Å². The lowest BCUT2D eigenvalue weighted by Crippen LogP contribution is -2.51. The number of benzene rings is 3. The van der Waals surface area contributed by atoms with Gasteiger partial charge in [0.2, 0.25) is 0 Å². The number of thioether (sulfide) groups is 1. The fourth-order valence-electron chi connectivity index (χ4n) is 4.27. The predicted molar refractivity (Wildman–Crippen MR) is 120 cm³/mol. The Morgan fingerprint density at radius 3 is 2.45 bits per heavy atom. The summed E-state index contributed by atoms with van der Waals surface area (Å²) in [5, 5.41) is 2.64. The third kappa shape index (κ3) is 3.62. The van der Waals surface area contributed by atoms with Crippen LogP contribution in [-0.2, 0) is 16.2 Å². The maximum atomic E-state index is 14.3. The summed E-state index contributed by atoms with van der Waals surface area (Å²) in [5.74, 6) is -1.35. The van der Waals surface area contributed by atoms with Crippen molar-refractivity contribution in [3.05, 3.63) is 95.3 Å². The predicted octanol–water partition coefficient (Wildman–Crippen LogP) is 5.08. The number of carbonyl (C=O) groups is 2. The van der Waals surface area contributed by atoms with E-state index < -0.39 is 28.4 Å². The first-order chi connectivity index (χ1) is 15.9. The zero-order valence-electron chi connectivity index (χ0n) is 17.2. The van der Waals surface area contributed by atoms with E-state index in [1.807, 2.05) is 0 Å². The number of rotatable bonds is 3. The molecule has 5 nitrogen and oxygen atoms in total. The van der Waals surface area contributed by atoms with Crippen molar-refractivity contribution >= 4 is 35.1 Å². The molecule has 3 aromatic carbocycles. The van der Waals surface area contributed by atoms with Crippen LogP contribution >= 0.6 is 11.8 Å². The number of urea groups is 1. The molecule has 1 fully saturated rings. The minimum atomic E-state index is -1.45. The normalized spacial score (nSPS) is 19.3. The molecule has 3 amide bonds. The number of fused-ring (bicyclic) bond motifs is 2. The van der Waals surface area contributed by atoms with E-state index in [2.05, 4.69) is 5.32 Å². The largest absolute Gasteiger partial charge is 0.323 e. The monoisotopic (exact) mass is 469 g/mol. The van der Waals surface area contributed by atoms with Crippen LogP contribution in [0.5, 0.6) is 0 Å². The lowest BCUT2D eigenvalue weighted by Gasteiger charge is -2.33. The van der Waals surface area contributed by atoms with E-state index in [9.17, 15) is 22.8 Å². The molecule has 0 aliphatic carbocycles. The second-order valence-corrected chi connectivity index (χ2v) is 9.05. The number of anilines is 2. The van der Waals surface area contributed by atoms with Crippen LogP contribution in [0.3, 0.4) is 0 Å². The molecule has 1 spiro atoms. The maximum absolute atomic E-state index is 14.3. The van der Waals surface area contributed by atoms with Gasteiger partial charge in [-0.05, 0) is 54.1 Å². The fraction of sp³-hybridized carbons (Fsp3) is 0.167. The highest BCUT2D eigenvalue weighted by Gasteiger charge is 2.59. The molecule has 0 saturated carbocycles. The summed E-state index contributed by atoms with van der Waals surface area (Å²) in [6.45, 7) is 0.386. The molecule has 5 rings (SSSR count). The van der Waals surface area contributed by atoms with Crippen molar-refractivity contribution in [1.82, 2.24) is 4.90 Å². The molecule has 0 bridgehead atoms. The summed E-state index contributed by atoms with van der Waals surface area (Å²) in [7, 11) is 0. The molecule has 1 unspecified atom stereocenters. The van der Waals surface area contributed by atoms with Crippen LogP contribution < -0.4 is 10.2 Å². The SMILES string of the molecule is O=C(Nc1cccc(F)c1)N1CCSC12C(=O)N(Cc1ccc(F)cc1)c1ccc(F)cc12. The summed E-state index contributed by atoms with van der Waals surface area (Å²) in [5.41, 5.74) is 1.81. The molecule has 1 saturated heterocycles. The Hall–Kier alpha value is -3.46. The topological polar surface area (TPSA) is 52.7 Å². The summed E-state index contributed by atoms with van der Waals surface area (Å²) in [6, 6.07) is 14.7. The van der Waals surface area contributed by atoms with Gasteiger partial charge in [-0.15, -0.1) is 11.8 Å². The van der Waals surface area contributed by atoms with Crippen LogP contribution in [0.25, 0.3) is 0 Å². The minimum absolute atomic E-state index is 0.138. The molecule has 168 valence electrons. The number of halogens is 3. The van der Waals surface area contributed by atoms with Crippen molar-refractivity contribution in [3.63, 3.8) is 0 Å². The molecular formula is C24H18F3N3O2S. The van der Waals surface area contributed by atoms with Crippen LogP contribution in [0.2, 0.25) is 0 Å². The smallest absolute Gasteiger partial charge is 0.308 e. The molecule has 2 aliphatic heterocycles. The summed E-state index contributed by atoms with van der Waals surface area (Å²) in [4.78, 5) is 28.4. The van der Waals surface area contributed by atoms with Gasteiger partial charge in [0.1, 0.15) is 17.5 Å². The van der Waals surface area contributed by atoms with E-state index in [1.54, 1.807) is 18.2 Å². The van der Waals surface area contributed by atoms with Crippen molar-refractivity contribution in [2.24, 2.45) is 0 Å². The Balaban J connectivity index is 1.53. The lowest BCUT2D eigenvalue weighted by molar-refractivity contribution is -0.123. The van der Waals surface area contributed by atoms with E-state index in [0.29, 0.717) is 22.6 Å². The third-order valence-electron chi connectivity index (χ3n) is 5.73. The summed E-state index contributed by atoms with van der Waals surface area (Å²) < 4.78 is 41.2. The third-order valence-corrected chi connectivity index (χ3v) is 7.15. The zero-order valence-corrected chi connectivity index (χ0v) is 18.0. The van der Waals surface area contributed by atoms with Gasteiger partial charge in [0.15, 0.2) is 4.87 Å². The van der Waals surface area contributed by atoms with Gasteiger partial charge in [-0.3, -0.25) is 9.69 Å². The number of hydrogen-bond acceptors (Lipinski definition) is 3. The Morgan fingerprint density at radius 1 is 0.970 bits per heavy atom. The number of carbonyl (C=O) groups excluding carboxylic acids is 2. The van der Waals surface area contributed by atoms with Crippen molar-refractivity contribution in [2.45, 2.75) is 11.4 Å². The van der Waals surface area contributed by atoms with Crippen molar-refractivity contribution in [1.29, 1.82) is 0 Å². The van der Waals surface area contributed by atoms with Crippen molar-refractivity contribution in [2.75, 3.05) is 22.5 Å². The molecule has 1 atom stereocenters. The van der Waals surface area contributed by atoms with E-state index in [4.69, 9.17) is 0 Å². The van der Waals surface area contributed by atoms with Crippen LogP contribution in [0.15, 0.2) is 66.7 Å². The molecule has 1 N–H and O–H groups in total. The van der Waals surface area contributed by atoms with Gasteiger partial charge in [0.05, 0.1) is 12.2 Å². The average Bonchev–Trinajstić information content (AvgIpc) is 3.32. The van der Waals surface area contributed by atoms with E-state index in [0.717, 1.165) is 0 Å². The van der Waals surface area contributed by atoms with Gasteiger partial charge in [0.25, 0.3) is 5.91 Å². The highest BCUT2D eigenvalue weighted by atomic mass is 32.2. The molecule has 0 radical (unpaired) electrons. The first kappa shape index (κ1) is 21.4. The molecule has 0 aromatic heterocycles. The zero-order chi connectivity index (χ0) is 23.2. The van der Waals surface area contributed by atoms with Crippen molar-refractivity contribution in [3.8, 4) is 0 Å². The Labute approximate surface area is 192 Å². The highest BCUT2D eigenvalue weighted by molar-refractivity contribution is 8.01. The number of amides is 3. The standard InChI is InChI=1S/C24H18F3N3O2S/c25-16-6-4-15(5-7-16)14-29-21-9-8-18(27)13-20(21)24(22(29)31)30(10-11-33-24)23(32)28-19-3-1-2-17(26)12-19/h1-9,12-13H,10-11,14H2,(H,28,32). The molecule has 2 aliphatic rings. The van der Waals surface area contributed by atoms with Gasteiger partial charge < -0.3 is 10.2 Å². The fourth-order valence-corrected chi connectivity index (χ4v) is 5.73. The number of nitrogens with one attached hydrogen (secondary N) is 1. The van der Waals surface area contributed by atoms with Crippen LogP contribution in [0.4, 0.5) is 29.3 Å². The molecule has 2 heterocycles. The summed E-state index contributed by atoms with van der Waals surface area (Å²) >= 11 is 1.25. The Kier molecular flexibility index (Phi) is 5.28. The van der Waals surface area contributed by atoms with Crippen LogP contribution in [0, 0.1) is 17.5 Å². The van der Waals surface area contributed by atoms with Gasteiger partial charge in [-0.1, -0.05) is 18.2 Å². The Morgan fingerprint density at radius 2 is 1.70 bits per heavy atom. The van der Waals surface area contributed by atoms with Gasteiger partial charge in [-0.2, -0.15) is 0 Å². The second-order valence-electron chi connectivity index (χ2n) is 7.76. The number of hydrogen-bond donors (Lipinski definition) is 1. The lowest BCUT2D eigenvalue weighted by atomic mass is 10.1. The molecule has 9 heteroatoms. The van der Waals surface area contributed by atoms with E-state index in [1.165, 1.54) is 70.1 Å². The average molecular weight is 469 g/mol. The molecule has 3 aromatic rings. The van der Waals surface area contributed by atoms with E-state index >= 15 is 0 Å². The number of nitrogens with zero attached hydrogens (tertiary/aromatic N) is 2. The second kappa shape index (κ2) is 8.15. The first-order valence-corrected chi connectivity index (χ1v) is 11.2. The molecule has 33 heavy (non-hydrogen) atoms. The first-order valence-electron chi connectivity index (χ1n) is 10.2. The van der Waals surface area contributed by atoms with Crippen molar-refractivity contribution < 1.29 is 22.8 Å². The summed E-state index contributed by atoms with van der Waals surface area (Å²) in [6.07, 6.45) is 0. The Bertz CT molecular complexity index is 1250. The molecular weight excluding hydrogens is 451 g/mol. The van der Waals surface area contributed by atoms with Gasteiger partial charge in [-0.25, -0.2) is 18.0 Å². The van der Waals surface area contributed by atoms with Gasteiger partial charge in [0, 0.05) is 23.5 Å². The van der Waals surface area contributed by atoms with Gasteiger partial charge >= 0.3 is 6.03 Å². The minimum Gasteiger partial charge on any atom is -0.308 e.